The number of rotatable bonds is 3. The van der Waals surface area contributed by atoms with Crippen molar-refractivity contribution in [1.82, 2.24) is 9.71 Å². The van der Waals surface area contributed by atoms with Crippen molar-refractivity contribution >= 4 is 33.0 Å². The van der Waals surface area contributed by atoms with Gasteiger partial charge in [0.05, 0.1) is 6.20 Å². The number of halogens is 1. The fourth-order valence-corrected chi connectivity index (χ4v) is 4.93. The van der Waals surface area contributed by atoms with Gasteiger partial charge in [-0.3, -0.25) is 0 Å². The van der Waals surface area contributed by atoms with Gasteiger partial charge >= 0.3 is 0 Å². The quantitative estimate of drug-likeness (QED) is 0.932. The Morgan fingerprint density at radius 2 is 2.06 bits per heavy atom. The van der Waals surface area contributed by atoms with Crippen LogP contribution in [-0.2, 0) is 10.0 Å². The summed E-state index contributed by atoms with van der Waals surface area (Å²) < 4.78 is 27.5. The molecule has 1 fully saturated rings. The van der Waals surface area contributed by atoms with Crippen LogP contribution in [0.15, 0.2) is 10.4 Å². The Kier molecular flexibility index (Phi) is 3.77. The summed E-state index contributed by atoms with van der Waals surface area (Å²) >= 11 is 6.64. The van der Waals surface area contributed by atoms with E-state index in [1.54, 1.807) is 0 Å². The van der Waals surface area contributed by atoms with Crippen molar-refractivity contribution in [3.8, 4) is 0 Å². The van der Waals surface area contributed by atoms with E-state index in [1.165, 1.54) is 12.6 Å². The van der Waals surface area contributed by atoms with Gasteiger partial charge in [-0.25, -0.2) is 18.1 Å². The second-order valence-corrected chi connectivity index (χ2v) is 8.18. The molecule has 0 aromatic carbocycles. The lowest BCUT2D eigenvalue weighted by Crippen LogP contribution is -2.46. The van der Waals surface area contributed by atoms with Crippen molar-refractivity contribution in [2.24, 2.45) is 0 Å². The smallest absolute Gasteiger partial charge is 0.232 e. The molecule has 1 aromatic rings. The fraction of sp³-hybridized carbons (Fsp3) is 0.700. The molecule has 1 saturated carbocycles. The van der Waals surface area contributed by atoms with E-state index in [9.17, 15) is 8.42 Å². The van der Waals surface area contributed by atoms with Crippen LogP contribution in [0.1, 0.15) is 39.0 Å². The Morgan fingerprint density at radius 3 is 2.59 bits per heavy atom. The summed E-state index contributed by atoms with van der Waals surface area (Å²) in [5, 5.41) is 0. The molecule has 0 spiro atoms. The Morgan fingerprint density at radius 1 is 1.41 bits per heavy atom. The first-order valence-corrected chi connectivity index (χ1v) is 8.24. The molecule has 0 radical (unpaired) electrons. The van der Waals surface area contributed by atoms with Crippen molar-refractivity contribution in [1.29, 1.82) is 0 Å². The zero-order chi connectivity index (χ0) is 12.5. The number of thiazole rings is 1. The molecule has 1 aliphatic carbocycles. The van der Waals surface area contributed by atoms with Gasteiger partial charge in [0.15, 0.2) is 8.68 Å². The third-order valence-corrected chi connectivity index (χ3v) is 6.27. The molecule has 1 aromatic heterocycles. The van der Waals surface area contributed by atoms with Gasteiger partial charge in [0.1, 0.15) is 0 Å². The number of hydrogen-bond donors (Lipinski definition) is 1. The van der Waals surface area contributed by atoms with Crippen LogP contribution in [0.4, 0.5) is 0 Å². The molecule has 17 heavy (non-hydrogen) atoms. The Hall–Kier alpha value is -0.170. The number of sulfonamides is 1. The van der Waals surface area contributed by atoms with Crippen LogP contribution < -0.4 is 4.72 Å². The number of nitrogens with one attached hydrogen (secondary N) is 1. The van der Waals surface area contributed by atoms with E-state index in [1.807, 2.05) is 6.92 Å². The normalized spacial score (nSPS) is 20.4. The fourth-order valence-electron chi connectivity index (χ4n) is 2.17. The lowest BCUT2D eigenvalue weighted by Gasteiger charge is -2.33. The van der Waals surface area contributed by atoms with E-state index in [0.29, 0.717) is 0 Å². The van der Waals surface area contributed by atoms with Crippen LogP contribution in [0.2, 0.25) is 4.47 Å². The summed E-state index contributed by atoms with van der Waals surface area (Å²) in [6.07, 6.45) is 6.41. The summed E-state index contributed by atoms with van der Waals surface area (Å²) in [5.41, 5.74) is -0.326. The molecule has 0 saturated heterocycles. The molecule has 1 aliphatic rings. The summed E-state index contributed by atoms with van der Waals surface area (Å²) in [4.78, 5) is 3.76. The highest BCUT2D eigenvalue weighted by Crippen LogP contribution is 2.30. The highest BCUT2D eigenvalue weighted by Gasteiger charge is 2.32. The summed E-state index contributed by atoms with van der Waals surface area (Å²) in [5.74, 6) is 0. The molecule has 1 N–H and O–H groups in total. The van der Waals surface area contributed by atoms with Crippen molar-refractivity contribution in [3.63, 3.8) is 0 Å². The first-order valence-electron chi connectivity index (χ1n) is 5.57. The van der Waals surface area contributed by atoms with Crippen LogP contribution in [0, 0.1) is 0 Å². The molecule has 0 atom stereocenters. The third-order valence-electron chi connectivity index (χ3n) is 3.06. The maximum Gasteiger partial charge on any atom is 0.252 e. The predicted molar refractivity (Wildman–Crippen MR) is 68.9 cm³/mol. The maximum absolute atomic E-state index is 12.1. The van der Waals surface area contributed by atoms with Crippen molar-refractivity contribution in [3.05, 3.63) is 10.7 Å². The van der Waals surface area contributed by atoms with Gasteiger partial charge in [0.25, 0.3) is 10.0 Å². The minimum Gasteiger partial charge on any atom is -0.232 e. The zero-order valence-corrected chi connectivity index (χ0v) is 12.0. The van der Waals surface area contributed by atoms with E-state index in [0.717, 1.165) is 37.0 Å². The number of aromatic nitrogens is 1. The first-order chi connectivity index (χ1) is 7.91. The van der Waals surface area contributed by atoms with E-state index in [-0.39, 0.29) is 14.2 Å². The molecule has 0 aliphatic heterocycles. The van der Waals surface area contributed by atoms with Gasteiger partial charge in [-0.1, -0.05) is 42.2 Å². The molecular weight excluding hydrogens is 280 g/mol. The van der Waals surface area contributed by atoms with Gasteiger partial charge in [-0.05, 0) is 19.8 Å². The highest BCUT2D eigenvalue weighted by atomic mass is 35.5. The average Bonchev–Trinajstić information content (AvgIpc) is 2.65. The second-order valence-electron chi connectivity index (χ2n) is 4.66. The molecule has 0 unspecified atom stereocenters. The van der Waals surface area contributed by atoms with Gasteiger partial charge in [0, 0.05) is 5.54 Å². The highest BCUT2D eigenvalue weighted by molar-refractivity contribution is 7.91. The van der Waals surface area contributed by atoms with Crippen molar-refractivity contribution < 1.29 is 8.42 Å². The molecule has 0 amide bonds. The standard InChI is InChI=1S/C10H15ClN2O2S2/c1-10(5-3-2-4-6-10)13-17(14,15)8-7-12-9(11)16-8/h7,13H,2-6H2,1H3. The molecule has 2 rings (SSSR count). The second kappa shape index (κ2) is 4.84. The lowest BCUT2D eigenvalue weighted by atomic mass is 9.84. The van der Waals surface area contributed by atoms with E-state index < -0.39 is 10.0 Å². The predicted octanol–water partition coefficient (Wildman–Crippen LogP) is 2.80. The van der Waals surface area contributed by atoms with Crippen LogP contribution >= 0.6 is 22.9 Å². The van der Waals surface area contributed by atoms with Crippen LogP contribution in [-0.4, -0.2) is 18.9 Å². The monoisotopic (exact) mass is 294 g/mol. The van der Waals surface area contributed by atoms with Gasteiger partial charge in [-0.15, -0.1) is 0 Å². The topological polar surface area (TPSA) is 59.1 Å². The average molecular weight is 295 g/mol. The SMILES string of the molecule is CC1(NS(=O)(=O)c2cnc(Cl)s2)CCCCC1. The molecule has 96 valence electrons. The van der Waals surface area contributed by atoms with Crippen LogP contribution in [0.5, 0.6) is 0 Å². The Labute approximate surface area is 110 Å². The maximum atomic E-state index is 12.1. The van der Waals surface area contributed by atoms with Crippen LogP contribution in [0.3, 0.4) is 0 Å². The van der Waals surface area contributed by atoms with Crippen molar-refractivity contribution in [2.45, 2.75) is 48.8 Å². The summed E-state index contributed by atoms with van der Waals surface area (Å²) in [6.45, 7) is 1.96. The zero-order valence-electron chi connectivity index (χ0n) is 9.57. The molecule has 0 bridgehead atoms. The van der Waals surface area contributed by atoms with Gasteiger partial charge < -0.3 is 0 Å². The molecule has 7 heteroatoms. The first kappa shape index (κ1) is 13.3. The van der Waals surface area contributed by atoms with Crippen LogP contribution in [0.25, 0.3) is 0 Å². The summed E-state index contributed by atoms with van der Waals surface area (Å²) in [6, 6.07) is 0. The summed E-state index contributed by atoms with van der Waals surface area (Å²) in [7, 11) is -3.48. The third kappa shape index (κ3) is 3.19. The van der Waals surface area contributed by atoms with Gasteiger partial charge in [-0.2, -0.15) is 0 Å². The number of nitrogens with zero attached hydrogens (tertiary/aromatic N) is 1. The minimum absolute atomic E-state index is 0.189. The lowest BCUT2D eigenvalue weighted by molar-refractivity contribution is 0.294. The molecule has 1 heterocycles. The Bertz CT molecular complexity index is 492. The number of hydrogen-bond acceptors (Lipinski definition) is 4. The largest absolute Gasteiger partial charge is 0.252 e. The van der Waals surface area contributed by atoms with E-state index >= 15 is 0 Å². The Balaban J connectivity index is 2.17. The van der Waals surface area contributed by atoms with Crippen molar-refractivity contribution in [2.75, 3.05) is 0 Å². The van der Waals surface area contributed by atoms with Gasteiger partial charge in [0.2, 0.25) is 0 Å². The molecule has 4 nitrogen and oxygen atoms in total. The minimum atomic E-state index is -3.48. The molecular formula is C10H15ClN2O2S2. The van der Waals surface area contributed by atoms with E-state index in [4.69, 9.17) is 11.6 Å². The van der Waals surface area contributed by atoms with E-state index in [2.05, 4.69) is 9.71 Å².